The molecule has 5 aromatic rings. The lowest BCUT2D eigenvalue weighted by Gasteiger charge is -2.30. The minimum absolute atomic E-state index is 0.195. The number of ether oxygens (including phenoxy) is 2. The molecule has 0 radical (unpaired) electrons. The SMILES string of the molecule is COc1cccc(-c2nc3cc(-c4c(C)noc4C)ccc3n2C2CCC(OC)CC2)c1-c1ccc(F)c(F)c1. The minimum atomic E-state index is -0.912. The van der Waals surface area contributed by atoms with E-state index in [0.717, 1.165) is 76.8 Å². The van der Waals surface area contributed by atoms with Crippen LogP contribution in [0.5, 0.6) is 5.75 Å². The van der Waals surface area contributed by atoms with Gasteiger partial charge in [-0.2, -0.15) is 0 Å². The zero-order chi connectivity index (χ0) is 28.0. The molecule has 0 atom stereocenters. The van der Waals surface area contributed by atoms with Crippen LogP contribution in [0.1, 0.15) is 43.2 Å². The van der Waals surface area contributed by atoms with Crippen molar-refractivity contribution >= 4 is 11.0 Å². The summed E-state index contributed by atoms with van der Waals surface area (Å²) < 4.78 is 47.4. The second-order valence-corrected chi connectivity index (χ2v) is 10.4. The Morgan fingerprint density at radius 2 is 1.62 bits per heavy atom. The number of nitrogens with zero attached hydrogens (tertiary/aromatic N) is 3. The van der Waals surface area contributed by atoms with Gasteiger partial charge < -0.3 is 18.6 Å². The van der Waals surface area contributed by atoms with E-state index < -0.39 is 11.6 Å². The first-order valence-corrected chi connectivity index (χ1v) is 13.5. The topological polar surface area (TPSA) is 62.3 Å². The van der Waals surface area contributed by atoms with Crippen molar-refractivity contribution in [1.82, 2.24) is 14.7 Å². The van der Waals surface area contributed by atoms with Crippen LogP contribution in [0.25, 0.3) is 44.7 Å². The van der Waals surface area contributed by atoms with Crippen molar-refractivity contribution in [2.24, 2.45) is 0 Å². The first kappa shape index (κ1) is 26.2. The number of hydrogen-bond acceptors (Lipinski definition) is 5. The number of hydrogen-bond donors (Lipinski definition) is 0. The molecule has 0 unspecified atom stereocenters. The molecule has 1 fully saturated rings. The fraction of sp³-hybridized carbons (Fsp3) is 0.312. The summed E-state index contributed by atoms with van der Waals surface area (Å²) in [5, 5.41) is 4.13. The van der Waals surface area contributed by atoms with E-state index in [1.807, 2.05) is 32.0 Å². The zero-order valence-electron chi connectivity index (χ0n) is 23.0. The number of aryl methyl sites for hydroxylation is 2. The van der Waals surface area contributed by atoms with E-state index in [1.165, 1.54) is 6.07 Å². The van der Waals surface area contributed by atoms with Crippen molar-refractivity contribution < 1.29 is 22.8 Å². The molecule has 0 amide bonds. The molecule has 1 aliphatic carbocycles. The molecule has 0 N–H and O–H groups in total. The Bertz CT molecular complexity index is 1680. The van der Waals surface area contributed by atoms with Gasteiger partial charge in [-0.25, -0.2) is 13.8 Å². The molecule has 40 heavy (non-hydrogen) atoms. The lowest BCUT2D eigenvalue weighted by atomic mass is 9.91. The van der Waals surface area contributed by atoms with E-state index >= 15 is 0 Å². The van der Waals surface area contributed by atoms with E-state index in [4.69, 9.17) is 19.0 Å². The highest BCUT2D eigenvalue weighted by Gasteiger charge is 2.28. The molecule has 0 aliphatic heterocycles. The van der Waals surface area contributed by atoms with Gasteiger partial charge in [0.25, 0.3) is 0 Å². The van der Waals surface area contributed by atoms with Crippen LogP contribution >= 0.6 is 0 Å². The maximum atomic E-state index is 14.4. The molecule has 6 rings (SSSR count). The molecule has 8 heteroatoms. The Morgan fingerprint density at radius 3 is 2.30 bits per heavy atom. The number of benzene rings is 3. The quantitative estimate of drug-likeness (QED) is 0.217. The van der Waals surface area contributed by atoms with Crippen molar-refractivity contribution in [3.63, 3.8) is 0 Å². The largest absolute Gasteiger partial charge is 0.496 e. The minimum Gasteiger partial charge on any atom is -0.496 e. The highest BCUT2D eigenvalue weighted by atomic mass is 19.2. The number of halogens is 2. The first-order chi connectivity index (χ1) is 19.4. The van der Waals surface area contributed by atoms with Crippen LogP contribution in [0.2, 0.25) is 0 Å². The number of fused-ring (bicyclic) bond motifs is 1. The van der Waals surface area contributed by atoms with Crippen LogP contribution in [0.3, 0.4) is 0 Å². The van der Waals surface area contributed by atoms with Gasteiger partial charge in [-0.1, -0.05) is 29.4 Å². The number of methoxy groups -OCH3 is 2. The molecule has 1 aliphatic rings. The number of aromatic nitrogens is 3. The molecule has 2 aromatic heterocycles. The van der Waals surface area contributed by atoms with Gasteiger partial charge in [-0.3, -0.25) is 0 Å². The molecule has 1 saturated carbocycles. The van der Waals surface area contributed by atoms with Gasteiger partial charge in [0.15, 0.2) is 11.6 Å². The third-order valence-corrected chi connectivity index (χ3v) is 8.05. The van der Waals surface area contributed by atoms with Crippen molar-refractivity contribution in [3.8, 4) is 39.4 Å². The Morgan fingerprint density at radius 1 is 0.875 bits per heavy atom. The van der Waals surface area contributed by atoms with Crippen LogP contribution in [0, 0.1) is 25.5 Å². The summed E-state index contributed by atoms with van der Waals surface area (Å²) in [5.74, 6) is 0.258. The second kappa shape index (κ2) is 10.5. The Balaban J connectivity index is 1.59. The molecule has 0 bridgehead atoms. The fourth-order valence-corrected chi connectivity index (χ4v) is 6.09. The van der Waals surface area contributed by atoms with Crippen molar-refractivity contribution in [1.29, 1.82) is 0 Å². The molecule has 0 saturated heterocycles. The van der Waals surface area contributed by atoms with Crippen LogP contribution < -0.4 is 4.74 Å². The Labute approximate surface area is 231 Å². The summed E-state index contributed by atoms with van der Waals surface area (Å²) in [4.78, 5) is 5.19. The fourth-order valence-electron chi connectivity index (χ4n) is 6.09. The molecule has 2 heterocycles. The van der Waals surface area contributed by atoms with Gasteiger partial charge in [0.1, 0.15) is 17.3 Å². The second-order valence-electron chi connectivity index (χ2n) is 10.4. The van der Waals surface area contributed by atoms with Crippen LogP contribution in [-0.4, -0.2) is 35.0 Å². The van der Waals surface area contributed by atoms with E-state index in [9.17, 15) is 8.78 Å². The van der Waals surface area contributed by atoms with Crippen LogP contribution in [0.4, 0.5) is 8.78 Å². The molecular formula is C32H31F2N3O3. The lowest BCUT2D eigenvalue weighted by Crippen LogP contribution is -2.23. The lowest BCUT2D eigenvalue weighted by molar-refractivity contribution is 0.0591. The Kier molecular flexibility index (Phi) is 6.88. The third-order valence-electron chi connectivity index (χ3n) is 8.05. The smallest absolute Gasteiger partial charge is 0.159 e. The van der Waals surface area contributed by atoms with Crippen LogP contribution in [0.15, 0.2) is 59.1 Å². The molecular weight excluding hydrogens is 512 g/mol. The van der Waals surface area contributed by atoms with Gasteiger partial charge in [0, 0.05) is 29.8 Å². The summed E-state index contributed by atoms with van der Waals surface area (Å²) >= 11 is 0. The summed E-state index contributed by atoms with van der Waals surface area (Å²) in [5.41, 5.74) is 6.57. The normalized spacial score (nSPS) is 17.4. The Hall–Kier alpha value is -4.04. The van der Waals surface area contributed by atoms with Gasteiger partial charge in [0.2, 0.25) is 0 Å². The van der Waals surface area contributed by atoms with Gasteiger partial charge in [-0.15, -0.1) is 0 Å². The van der Waals surface area contributed by atoms with E-state index in [-0.39, 0.29) is 12.1 Å². The van der Waals surface area contributed by atoms with E-state index in [2.05, 4.69) is 27.9 Å². The molecule has 206 valence electrons. The maximum absolute atomic E-state index is 14.4. The maximum Gasteiger partial charge on any atom is 0.159 e. The summed E-state index contributed by atoms with van der Waals surface area (Å²) in [6, 6.07) is 16.1. The standard InChI is InChI=1S/C32H31F2N3O3/c1-18-30(19(2)40-36-18)21-9-15-28-27(17-21)35-32(37(28)22-10-12-23(38-3)13-11-22)24-6-5-7-29(39-4)31(24)20-8-14-25(33)26(34)16-20/h5-9,14-17,22-23H,10-13H2,1-4H3. The molecule has 3 aromatic carbocycles. The first-order valence-electron chi connectivity index (χ1n) is 13.5. The predicted molar refractivity (Wildman–Crippen MR) is 150 cm³/mol. The van der Waals surface area contributed by atoms with E-state index in [0.29, 0.717) is 16.9 Å². The van der Waals surface area contributed by atoms with Crippen molar-refractivity contribution in [2.45, 2.75) is 51.7 Å². The van der Waals surface area contributed by atoms with Crippen molar-refractivity contribution in [3.05, 3.63) is 77.7 Å². The van der Waals surface area contributed by atoms with Gasteiger partial charge in [-0.05, 0) is 81.0 Å². The average Bonchev–Trinajstić information content (AvgIpc) is 3.52. The summed E-state index contributed by atoms with van der Waals surface area (Å²) in [6.45, 7) is 3.83. The van der Waals surface area contributed by atoms with Gasteiger partial charge in [0.05, 0.1) is 29.9 Å². The average molecular weight is 544 g/mol. The zero-order valence-corrected chi connectivity index (χ0v) is 23.0. The molecule has 6 nitrogen and oxygen atoms in total. The monoisotopic (exact) mass is 543 g/mol. The highest BCUT2D eigenvalue weighted by molar-refractivity contribution is 5.91. The number of imidazole rings is 1. The highest BCUT2D eigenvalue weighted by Crippen LogP contribution is 2.43. The van der Waals surface area contributed by atoms with Gasteiger partial charge >= 0.3 is 0 Å². The summed E-state index contributed by atoms with van der Waals surface area (Å²) in [7, 11) is 3.34. The van der Waals surface area contributed by atoms with Crippen LogP contribution in [-0.2, 0) is 4.74 Å². The van der Waals surface area contributed by atoms with Crippen molar-refractivity contribution in [2.75, 3.05) is 14.2 Å². The third kappa shape index (κ3) is 4.46. The number of rotatable bonds is 6. The summed E-state index contributed by atoms with van der Waals surface area (Å²) in [6.07, 6.45) is 4.02. The van der Waals surface area contributed by atoms with E-state index in [1.54, 1.807) is 20.3 Å². The molecule has 0 spiro atoms. The predicted octanol–water partition coefficient (Wildman–Crippen LogP) is 8.06.